The highest BCUT2D eigenvalue weighted by Gasteiger charge is 2.19. The third kappa shape index (κ3) is 5.14. The molecule has 1 unspecified atom stereocenters. The predicted octanol–water partition coefficient (Wildman–Crippen LogP) is 1.87. The van der Waals surface area contributed by atoms with E-state index in [1.54, 1.807) is 12.1 Å². The first-order valence-electron chi connectivity index (χ1n) is 6.45. The van der Waals surface area contributed by atoms with Crippen LogP contribution in [-0.4, -0.2) is 34.7 Å². The Morgan fingerprint density at radius 2 is 2.10 bits per heavy atom. The summed E-state index contributed by atoms with van der Waals surface area (Å²) in [4.78, 5) is 0.244. The molecule has 1 aromatic rings. The van der Waals surface area contributed by atoms with Gasteiger partial charge < -0.3 is 10.1 Å². The number of hydrogen-bond acceptors (Lipinski definition) is 4. The molecular formula is C13H21BrN2O3S. The van der Waals surface area contributed by atoms with Crippen LogP contribution < -0.4 is 10.0 Å². The van der Waals surface area contributed by atoms with E-state index in [-0.39, 0.29) is 17.5 Å². The smallest absolute Gasteiger partial charge is 0.241 e. The second-order valence-electron chi connectivity index (χ2n) is 4.41. The van der Waals surface area contributed by atoms with Crippen molar-refractivity contribution in [2.45, 2.75) is 31.4 Å². The van der Waals surface area contributed by atoms with Gasteiger partial charge in [0, 0.05) is 24.2 Å². The van der Waals surface area contributed by atoms with E-state index in [1.165, 1.54) is 0 Å². The summed E-state index contributed by atoms with van der Waals surface area (Å²) >= 11 is 3.28. The van der Waals surface area contributed by atoms with Gasteiger partial charge in [0.15, 0.2) is 0 Å². The number of halogens is 1. The molecule has 20 heavy (non-hydrogen) atoms. The van der Waals surface area contributed by atoms with Crippen LogP contribution in [0.5, 0.6) is 0 Å². The zero-order valence-corrected chi connectivity index (χ0v) is 14.3. The maximum absolute atomic E-state index is 12.3. The number of benzene rings is 1. The van der Waals surface area contributed by atoms with Crippen LogP contribution in [0.1, 0.15) is 19.4 Å². The van der Waals surface area contributed by atoms with E-state index >= 15 is 0 Å². The standard InChI is InChI=1S/C13H21BrN2O3S/c1-4-19-10(2)8-16-20(17,18)13-7-11(9-15-3)5-6-12(13)14/h5-7,10,15-16H,4,8-9H2,1-3H3. The lowest BCUT2D eigenvalue weighted by molar-refractivity contribution is 0.0799. The average Bonchev–Trinajstić information content (AvgIpc) is 2.39. The van der Waals surface area contributed by atoms with E-state index in [4.69, 9.17) is 4.74 Å². The van der Waals surface area contributed by atoms with E-state index in [9.17, 15) is 8.42 Å². The van der Waals surface area contributed by atoms with E-state index < -0.39 is 10.0 Å². The summed E-state index contributed by atoms with van der Waals surface area (Å²) in [5.41, 5.74) is 0.911. The molecule has 0 radical (unpaired) electrons. The van der Waals surface area contributed by atoms with Gasteiger partial charge in [0.2, 0.25) is 10.0 Å². The van der Waals surface area contributed by atoms with Gasteiger partial charge in [0.05, 0.1) is 11.0 Å². The van der Waals surface area contributed by atoms with Crippen LogP contribution in [-0.2, 0) is 21.3 Å². The first-order chi connectivity index (χ1) is 9.40. The molecule has 0 spiro atoms. The first kappa shape index (κ1) is 17.6. The van der Waals surface area contributed by atoms with Crippen molar-refractivity contribution in [3.63, 3.8) is 0 Å². The number of rotatable bonds is 8. The SMILES string of the molecule is CCOC(C)CNS(=O)(=O)c1cc(CNC)ccc1Br. The van der Waals surface area contributed by atoms with Crippen LogP contribution in [0.2, 0.25) is 0 Å². The Morgan fingerprint density at radius 3 is 2.70 bits per heavy atom. The lowest BCUT2D eigenvalue weighted by Gasteiger charge is -2.14. The van der Waals surface area contributed by atoms with Crippen LogP contribution in [0, 0.1) is 0 Å². The van der Waals surface area contributed by atoms with Crippen molar-refractivity contribution in [3.05, 3.63) is 28.2 Å². The molecule has 0 aromatic heterocycles. The number of ether oxygens (including phenoxy) is 1. The summed E-state index contributed by atoms with van der Waals surface area (Å²) in [5.74, 6) is 0. The van der Waals surface area contributed by atoms with Crippen molar-refractivity contribution in [1.82, 2.24) is 10.0 Å². The second kappa shape index (κ2) is 8.09. The minimum Gasteiger partial charge on any atom is -0.377 e. The maximum atomic E-state index is 12.3. The molecule has 1 rings (SSSR count). The van der Waals surface area contributed by atoms with Gasteiger partial charge in [-0.2, -0.15) is 0 Å². The molecule has 0 bridgehead atoms. The molecule has 0 aliphatic heterocycles. The summed E-state index contributed by atoms with van der Waals surface area (Å²) in [6.07, 6.45) is -0.158. The van der Waals surface area contributed by atoms with Crippen LogP contribution in [0.4, 0.5) is 0 Å². The summed E-state index contributed by atoms with van der Waals surface area (Å²) in [6, 6.07) is 5.28. The predicted molar refractivity (Wildman–Crippen MR) is 83.2 cm³/mol. The van der Waals surface area contributed by atoms with E-state index in [0.29, 0.717) is 17.6 Å². The molecule has 1 atom stereocenters. The van der Waals surface area contributed by atoms with Gasteiger partial charge in [-0.05, 0) is 54.5 Å². The third-order valence-corrected chi connectivity index (χ3v) is 5.10. The molecule has 0 aliphatic carbocycles. The van der Waals surface area contributed by atoms with E-state index in [2.05, 4.69) is 26.0 Å². The van der Waals surface area contributed by atoms with Gasteiger partial charge in [-0.15, -0.1) is 0 Å². The molecule has 0 fully saturated rings. The summed E-state index contributed by atoms with van der Waals surface area (Å²) in [7, 11) is -1.73. The monoisotopic (exact) mass is 364 g/mol. The van der Waals surface area contributed by atoms with E-state index in [1.807, 2.05) is 27.0 Å². The zero-order chi connectivity index (χ0) is 15.2. The minimum absolute atomic E-state index is 0.158. The van der Waals surface area contributed by atoms with Crippen LogP contribution in [0.15, 0.2) is 27.6 Å². The summed E-state index contributed by atoms with van der Waals surface area (Å²) < 4.78 is 33.0. The van der Waals surface area contributed by atoms with Crippen molar-refractivity contribution < 1.29 is 13.2 Å². The van der Waals surface area contributed by atoms with Crippen molar-refractivity contribution >= 4 is 26.0 Å². The van der Waals surface area contributed by atoms with Crippen molar-refractivity contribution in [3.8, 4) is 0 Å². The molecule has 0 aliphatic rings. The Kier molecular flexibility index (Phi) is 7.11. The Labute approximate surface area is 129 Å². The summed E-state index contributed by atoms with van der Waals surface area (Å²) in [5, 5.41) is 3.00. The van der Waals surface area contributed by atoms with Gasteiger partial charge in [-0.25, -0.2) is 13.1 Å². The lowest BCUT2D eigenvalue weighted by Crippen LogP contribution is -2.32. The highest BCUT2D eigenvalue weighted by Crippen LogP contribution is 2.23. The second-order valence-corrected chi connectivity index (χ2v) is 7.00. The Bertz CT molecular complexity index is 534. The molecular weight excluding hydrogens is 344 g/mol. The quantitative estimate of drug-likeness (QED) is 0.738. The Morgan fingerprint density at radius 1 is 1.40 bits per heavy atom. The summed E-state index contributed by atoms with van der Waals surface area (Å²) in [6.45, 7) is 5.13. The highest BCUT2D eigenvalue weighted by molar-refractivity contribution is 9.10. The molecule has 0 heterocycles. The Hall–Kier alpha value is -0.470. The molecule has 1 aromatic carbocycles. The maximum Gasteiger partial charge on any atom is 0.241 e. The number of nitrogens with one attached hydrogen (secondary N) is 2. The van der Waals surface area contributed by atoms with Crippen LogP contribution in [0.25, 0.3) is 0 Å². The normalized spacial score (nSPS) is 13.4. The van der Waals surface area contributed by atoms with Crippen molar-refractivity contribution in [2.24, 2.45) is 0 Å². The molecule has 114 valence electrons. The van der Waals surface area contributed by atoms with Crippen LogP contribution >= 0.6 is 15.9 Å². The molecule has 0 saturated heterocycles. The lowest BCUT2D eigenvalue weighted by atomic mass is 10.2. The highest BCUT2D eigenvalue weighted by atomic mass is 79.9. The fourth-order valence-corrected chi connectivity index (χ4v) is 3.84. The first-order valence-corrected chi connectivity index (χ1v) is 8.72. The molecule has 0 amide bonds. The van der Waals surface area contributed by atoms with Gasteiger partial charge in [-0.3, -0.25) is 0 Å². The molecule has 7 heteroatoms. The fourth-order valence-electron chi connectivity index (χ4n) is 1.72. The van der Waals surface area contributed by atoms with Gasteiger partial charge in [0.1, 0.15) is 0 Å². The largest absolute Gasteiger partial charge is 0.377 e. The average molecular weight is 365 g/mol. The van der Waals surface area contributed by atoms with Crippen LogP contribution in [0.3, 0.4) is 0 Å². The molecule has 0 saturated carbocycles. The van der Waals surface area contributed by atoms with E-state index in [0.717, 1.165) is 5.56 Å². The van der Waals surface area contributed by atoms with Gasteiger partial charge in [-0.1, -0.05) is 6.07 Å². The molecule has 2 N–H and O–H groups in total. The third-order valence-electron chi connectivity index (χ3n) is 2.68. The number of hydrogen-bond donors (Lipinski definition) is 2. The van der Waals surface area contributed by atoms with Gasteiger partial charge in [0.25, 0.3) is 0 Å². The fraction of sp³-hybridized carbons (Fsp3) is 0.538. The topological polar surface area (TPSA) is 67.4 Å². The van der Waals surface area contributed by atoms with Crippen molar-refractivity contribution in [2.75, 3.05) is 20.2 Å². The Balaban J connectivity index is 2.88. The van der Waals surface area contributed by atoms with Crippen molar-refractivity contribution in [1.29, 1.82) is 0 Å². The minimum atomic E-state index is -3.55. The molecule has 5 nitrogen and oxygen atoms in total. The van der Waals surface area contributed by atoms with Gasteiger partial charge >= 0.3 is 0 Å². The zero-order valence-electron chi connectivity index (χ0n) is 11.9. The number of sulfonamides is 1.